The minimum atomic E-state index is -0.499. The number of urea groups is 1. The second-order valence-electron chi connectivity index (χ2n) is 3.08. The van der Waals surface area contributed by atoms with Gasteiger partial charge < -0.3 is 16.0 Å². The Morgan fingerprint density at radius 3 is 2.31 bits per heavy atom. The highest BCUT2D eigenvalue weighted by Crippen LogP contribution is 1.90. The number of likely N-dealkylation sites (N-methyl/N-ethyl adjacent to an activating group) is 1. The van der Waals surface area contributed by atoms with Crippen LogP contribution in [0.2, 0.25) is 0 Å². The van der Waals surface area contributed by atoms with E-state index >= 15 is 0 Å². The molecule has 0 aliphatic heterocycles. The van der Waals surface area contributed by atoms with E-state index in [1.54, 1.807) is 6.92 Å². The van der Waals surface area contributed by atoms with Gasteiger partial charge in [-0.2, -0.15) is 0 Å². The van der Waals surface area contributed by atoms with E-state index in [0.29, 0.717) is 6.54 Å². The predicted molar refractivity (Wildman–Crippen MR) is 50.1 cm³/mol. The third-order valence-corrected chi connectivity index (χ3v) is 1.43. The molecule has 0 atom stereocenters. The molecular formula is C8H17N3O2. The number of carbonyl (C=O) groups is 2. The largest absolute Gasteiger partial charge is 0.368 e. The summed E-state index contributed by atoms with van der Waals surface area (Å²) in [5.41, 5.74) is 4.98. The number of rotatable bonds is 4. The van der Waals surface area contributed by atoms with Crippen molar-refractivity contribution < 1.29 is 9.59 Å². The van der Waals surface area contributed by atoms with Crippen molar-refractivity contribution in [3.05, 3.63) is 0 Å². The van der Waals surface area contributed by atoms with Crippen molar-refractivity contribution in [3.63, 3.8) is 0 Å². The Balaban J connectivity index is 4.07. The molecule has 0 spiro atoms. The highest BCUT2D eigenvalue weighted by Gasteiger charge is 2.13. The van der Waals surface area contributed by atoms with E-state index in [1.165, 1.54) is 4.90 Å². The van der Waals surface area contributed by atoms with Gasteiger partial charge in [-0.1, -0.05) is 0 Å². The van der Waals surface area contributed by atoms with Crippen LogP contribution in [0.4, 0.5) is 4.79 Å². The van der Waals surface area contributed by atoms with Crippen LogP contribution in [0.3, 0.4) is 0 Å². The van der Waals surface area contributed by atoms with Crippen molar-refractivity contribution >= 4 is 11.9 Å². The van der Waals surface area contributed by atoms with Crippen LogP contribution < -0.4 is 11.1 Å². The van der Waals surface area contributed by atoms with E-state index in [4.69, 9.17) is 5.73 Å². The molecule has 0 radical (unpaired) electrons. The van der Waals surface area contributed by atoms with Crippen LogP contribution in [0.25, 0.3) is 0 Å². The number of hydrogen-bond donors (Lipinski definition) is 2. The van der Waals surface area contributed by atoms with Crippen LogP contribution in [-0.2, 0) is 4.79 Å². The van der Waals surface area contributed by atoms with Gasteiger partial charge in [0.1, 0.15) is 6.54 Å². The maximum atomic E-state index is 11.3. The number of carbonyl (C=O) groups excluding carboxylic acids is 2. The molecule has 0 aromatic heterocycles. The van der Waals surface area contributed by atoms with Crippen LogP contribution in [0.5, 0.6) is 0 Å². The number of amides is 3. The first-order valence-electron chi connectivity index (χ1n) is 4.31. The molecule has 0 saturated heterocycles. The second kappa shape index (κ2) is 5.40. The molecular weight excluding hydrogens is 170 g/mol. The van der Waals surface area contributed by atoms with Crippen molar-refractivity contribution in [2.24, 2.45) is 5.73 Å². The number of nitrogens with one attached hydrogen (secondary N) is 1. The lowest BCUT2D eigenvalue weighted by Gasteiger charge is -2.20. The molecule has 0 bridgehead atoms. The van der Waals surface area contributed by atoms with Gasteiger partial charge in [-0.15, -0.1) is 0 Å². The summed E-state index contributed by atoms with van der Waals surface area (Å²) in [6, 6.07) is -0.189. The fourth-order valence-corrected chi connectivity index (χ4v) is 0.854. The first-order chi connectivity index (χ1) is 5.97. The average molecular weight is 187 g/mol. The first-order valence-corrected chi connectivity index (χ1v) is 4.31. The highest BCUT2D eigenvalue weighted by atomic mass is 16.2. The van der Waals surface area contributed by atoms with E-state index in [0.717, 1.165) is 0 Å². The Morgan fingerprint density at radius 1 is 1.46 bits per heavy atom. The van der Waals surface area contributed by atoms with Crippen molar-refractivity contribution in [1.82, 2.24) is 10.2 Å². The third-order valence-electron chi connectivity index (χ3n) is 1.43. The molecule has 0 unspecified atom stereocenters. The zero-order valence-corrected chi connectivity index (χ0v) is 8.33. The summed E-state index contributed by atoms with van der Waals surface area (Å²) < 4.78 is 0. The standard InChI is InChI=1S/C8H17N3O2/c1-4-11(5-7(9)12)8(13)10-6(2)3/h6H,4-5H2,1-3H3,(H2,9,12)(H,10,13). The molecule has 76 valence electrons. The summed E-state index contributed by atoms with van der Waals surface area (Å²) in [6.45, 7) is 5.95. The molecule has 0 saturated carbocycles. The molecule has 0 rings (SSSR count). The maximum Gasteiger partial charge on any atom is 0.318 e. The van der Waals surface area contributed by atoms with E-state index < -0.39 is 5.91 Å². The highest BCUT2D eigenvalue weighted by molar-refractivity contribution is 5.82. The average Bonchev–Trinajstić information content (AvgIpc) is 1.98. The van der Waals surface area contributed by atoms with Gasteiger partial charge >= 0.3 is 6.03 Å². The fourth-order valence-electron chi connectivity index (χ4n) is 0.854. The third kappa shape index (κ3) is 5.05. The molecule has 13 heavy (non-hydrogen) atoms. The summed E-state index contributed by atoms with van der Waals surface area (Å²) in [7, 11) is 0. The van der Waals surface area contributed by atoms with Crippen molar-refractivity contribution in [1.29, 1.82) is 0 Å². The monoisotopic (exact) mass is 187 g/mol. The van der Waals surface area contributed by atoms with Gasteiger partial charge in [0.25, 0.3) is 0 Å². The lowest BCUT2D eigenvalue weighted by atomic mass is 10.4. The number of nitrogens with two attached hydrogens (primary N) is 1. The molecule has 0 aliphatic rings. The lowest BCUT2D eigenvalue weighted by molar-refractivity contribution is -0.118. The quantitative estimate of drug-likeness (QED) is 0.645. The van der Waals surface area contributed by atoms with Crippen LogP contribution in [0, 0.1) is 0 Å². The SMILES string of the molecule is CCN(CC(N)=O)C(=O)NC(C)C. The second-order valence-corrected chi connectivity index (χ2v) is 3.08. The zero-order chi connectivity index (χ0) is 10.4. The van der Waals surface area contributed by atoms with Crippen LogP contribution >= 0.6 is 0 Å². The topological polar surface area (TPSA) is 75.4 Å². The van der Waals surface area contributed by atoms with Crippen molar-refractivity contribution in [3.8, 4) is 0 Å². The summed E-state index contributed by atoms with van der Waals surface area (Å²) in [6.07, 6.45) is 0. The van der Waals surface area contributed by atoms with E-state index in [1.807, 2.05) is 13.8 Å². The summed E-state index contributed by atoms with van der Waals surface area (Å²) in [4.78, 5) is 23.3. The Labute approximate surface area is 78.3 Å². The van der Waals surface area contributed by atoms with Crippen molar-refractivity contribution in [2.75, 3.05) is 13.1 Å². The maximum absolute atomic E-state index is 11.3. The van der Waals surface area contributed by atoms with Crippen LogP contribution in [0.1, 0.15) is 20.8 Å². The van der Waals surface area contributed by atoms with E-state index in [9.17, 15) is 9.59 Å². The van der Waals surface area contributed by atoms with Gasteiger partial charge in [-0.3, -0.25) is 4.79 Å². The number of primary amides is 1. The predicted octanol–water partition coefficient (Wildman–Crippen LogP) is -0.0884. The molecule has 5 nitrogen and oxygen atoms in total. The van der Waals surface area contributed by atoms with Gasteiger partial charge in [0.2, 0.25) is 5.91 Å². The van der Waals surface area contributed by atoms with E-state index in [2.05, 4.69) is 5.32 Å². The summed E-state index contributed by atoms with van der Waals surface area (Å²) in [5, 5.41) is 2.68. The Bertz CT molecular complexity index is 192. The first kappa shape index (κ1) is 11.7. The van der Waals surface area contributed by atoms with Gasteiger partial charge in [0, 0.05) is 12.6 Å². The van der Waals surface area contributed by atoms with Gasteiger partial charge in [0.15, 0.2) is 0 Å². The van der Waals surface area contributed by atoms with Crippen molar-refractivity contribution in [2.45, 2.75) is 26.8 Å². The Morgan fingerprint density at radius 2 is 2.00 bits per heavy atom. The molecule has 0 aliphatic carbocycles. The molecule has 5 heteroatoms. The van der Waals surface area contributed by atoms with Crippen LogP contribution in [-0.4, -0.2) is 36.0 Å². The number of nitrogens with zero attached hydrogens (tertiary/aromatic N) is 1. The zero-order valence-electron chi connectivity index (χ0n) is 8.33. The number of hydrogen-bond acceptors (Lipinski definition) is 2. The minimum Gasteiger partial charge on any atom is -0.368 e. The summed E-state index contributed by atoms with van der Waals surface area (Å²) >= 11 is 0. The molecule has 0 fully saturated rings. The molecule has 0 aromatic carbocycles. The Hall–Kier alpha value is -1.26. The molecule has 0 aromatic rings. The molecule has 3 N–H and O–H groups in total. The lowest BCUT2D eigenvalue weighted by Crippen LogP contribution is -2.46. The normalized spacial score (nSPS) is 9.85. The summed E-state index contributed by atoms with van der Waals surface area (Å²) in [5.74, 6) is -0.499. The smallest absolute Gasteiger partial charge is 0.318 e. The molecule has 0 heterocycles. The van der Waals surface area contributed by atoms with Gasteiger partial charge in [0.05, 0.1) is 0 Å². The Kier molecular flexibility index (Phi) is 4.87. The van der Waals surface area contributed by atoms with Gasteiger partial charge in [-0.25, -0.2) is 4.79 Å². The van der Waals surface area contributed by atoms with Gasteiger partial charge in [-0.05, 0) is 20.8 Å². The van der Waals surface area contributed by atoms with E-state index in [-0.39, 0.29) is 18.6 Å². The minimum absolute atomic E-state index is 0.0327. The van der Waals surface area contributed by atoms with Crippen LogP contribution in [0.15, 0.2) is 0 Å². The molecule has 3 amide bonds. The fraction of sp³-hybridized carbons (Fsp3) is 0.750.